The number of nitrogens with two attached hydrogens (primary N) is 1. The summed E-state index contributed by atoms with van der Waals surface area (Å²) in [7, 11) is 2.16. The molecule has 1 aromatic rings. The molecule has 6 nitrogen and oxygen atoms in total. The highest BCUT2D eigenvalue weighted by atomic mass is 15.3. The Morgan fingerprint density at radius 2 is 1.73 bits per heavy atom. The van der Waals surface area contributed by atoms with Crippen LogP contribution in [-0.2, 0) is 0 Å². The molecule has 1 aromatic heterocycles. The van der Waals surface area contributed by atoms with Crippen molar-refractivity contribution in [2.45, 2.75) is 44.6 Å². The van der Waals surface area contributed by atoms with E-state index in [1.165, 1.54) is 38.5 Å². The lowest BCUT2D eigenvalue weighted by molar-refractivity contribution is 0.312. The van der Waals surface area contributed by atoms with E-state index in [0.717, 1.165) is 32.0 Å². The van der Waals surface area contributed by atoms with Gasteiger partial charge in [0, 0.05) is 38.3 Å². The molecule has 1 aliphatic heterocycles. The van der Waals surface area contributed by atoms with Crippen LogP contribution in [0.25, 0.3) is 0 Å². The van der Waals surface area contributed by atoms with Crippen LogP contribution in [0.5, 0.6) is 0 Å². The SMILES string of the molecule is CN1CCN(c2cc(N)nc(NC3CCCCCC3)n2)CC1. The Balaban J connectivity index is 1.69. The number of nitrogen functional groups attached to an aromatic ring is 1. The fraction of sp³-hybridized carbons (Fsp3) is 0.750. The lowest BCUT2D eigenvalue weighted by Crippen LogP contribution is -2.45. The predicted octanol–water partition coefficient (Wildman–Crippen LogP) is 1.95. The fourth-order valence-electron chi connectivity index (χ4n) is 3.32. The summed E-state index contributed by atoms with van der Waals surface area (Å²) in [5.74, 6) is 2.21. The Morgan fingerprint density at radius 1 is 1.05 bits per heavy atom. The normalized spacial score (nSPS) is 21.6. The van der Waals surface area contributed by atoms with E-state index < -0.39 is 0 Å². The smallest absolute Gasteiger partial charge is 0.226 e. The quantitative estimate of drug-likeness (QED) is 0.832. The third-order valence-electron chi connectivity index (χ3n) is 4.75. The third kappa shape index (κ3) is 4.00. The summed E-state index contributed by atoms with van der Waals surface area (Å²) >= 11 is 0. The molecule has 1 saturated heterocycles. The van der Waals surface area contributed by atoms with Crippen LogP contribution in [0.3, 0.4) is 0 Å². The molecule has 0 unspecified atom stereocenters. The molecule has 0 spiro atoms. The first-order valence-electron chi connectivity index (χ1n) is 8.55. The van der Waals surface area contributed by atoms with Gasteiger partial charge >= 0.3 is 0 Å². The number of hydrogen-bond donors (Lipinski definition) is 2. The van der Waals surface area contributed by atoms with Gasteiger partial charge < -0.3 is 20.9 Å². The molecule has 1 aliphatic carbocycles. The van der Waals surface area contributed by atoms with E-state index in [9.17, 15) is 0 Å². The monoisotopic (exact) mass is 304 g/mol. The maximum absolute atomic E-state index is 6.00. The zero-order chi connectivity index (χ0) is 15.4. The van der Waals surface area contributed by atoms with E-state index in [2.05, 4.69) is 27.1 Å². The lowest BCUT2D eigenvalue weighted by Gasteiger charge is -2.33. The zero-order valence-corrected chi connectivity index (χ0v) is 13.6. The van der Waals surface area contributed by atoms with Crippen LogP contribution in [0.4, 0.5) is 17.6 Å². The highest BCUT2D eigenvalue weighted by Crippen LogP contribution is 2.22. The lowest BCUT2D eigenvalue weighted by atomic mass is 10.1. The first kappa shape index (κ1) is 15.3. The molecule has 3 rings (SSSR count). The molecule has 2 fully saturated rings. The summed E-state index contributed by atoms with van der Waals surface area (Å²) < 4.78 is 0. The average molecular weight is 304 g/mol. The standard InChI is InChI=1S/C16H28N6/c1-21-8-10-22(11-9-21)15-12-14(17)19-16(20-15)18-13-6-4-2-3-5-7-13/h12-13H,2-11H2,1H3,(H3,17,18,19,20). The summed E-state index contributed by atoms with van der Waals surface area (Å²) in [6.45, 7) is 4.12. The maximum Gasteiger partial charge on any atom is 0.226 e. The summed E-state index contributed by atoms with van der Waals surface area (Å²) in [6, 6.07) is 2.38. The molecule has 2 aliphatic rings. The van der Waals surface area contributed by atoms with Gasteiger partial charge in [0.2, 0.25) is 5.95 Å². The minimum Gasteiger partial charge on any atom is -0.383 e. The van der Waals surface area contributed by atoms with Crippen molar-refractivity contribution in [3.63, 3.8) is 0 Å². The molecule has 0 amide bonds. The maximum atomic E-state index is 6.00. The van der Waals surface area contributed by atoms with Crippen molar-refractivity contribution < 1.29 is 0 Å². The van der Waals surface area contributed by atoms with Gasteiger partial charge in [0.1, 0.15) is 11.6 Å². The van der Waals surface area contributed by atoms with Crippen molar-refractivity contribution in [2.75, 3.05) is 49.2 Å². The number of hydrogen-bond acceptors (Lipinski definition) is 6. The molecule has 6 heteroatoms. The number of rotatable bonds is 3. The van der Waals surface area contributed by atoms with E-state index in [0.29, 0.717) is 17.8 Å². The highest BCUT2D eigenvalue weighted by molar-refractivity contribution is 5.52. The van der Waals surface area contributed by atoms with Crippen LogP contribution in [0.15, 0.2) is 6.07 Å². The Bertz CT molecular complexity index is 476. The number of anilines is 3. The molecule has 3 N–H and O–H groups in total. The molecule has 0 bridgehead atoms. The van der Waals surface area contributed by atoms with Crippen LogP contribution in [-0.4, -0.2) is 54.1 Å². The largest absolute Gasteiger partial charge is 0.383 e. The molecule has 2 heterocycles. The van der Waals surface area contributed by atoms with Gasteiger partial charge in [0.05, 0.1) is 0 Å². The highest BCUT2D eigenvalue weighted by Gasteiger charge is 2.18. The van der Waals surface area contributed by atoms with Crippen molar-refractivity contribution in [2.24, 2.45) is 0 Å². The van der Waals surface area contributed by atoms with Crippen molar-refractivity contribution in [1.29, 1.82) is 0 Å². The van der Waals surface area contributed by atoms with Crippen molar-refractivity contribution >= 4 is 17.6 Å². The van der Waals surface area contributed by atoms with E-state index in [4.69, 9.17) is 10.7 Å². The second-order valence-corrected chi connectivity index (χ2v) is 6.60. The third-order valence-corrected chi connectivity index (χ3v) is 4.75. The number of aromatic nitrogens is 2. The molecule has 0 aromatic carbocycles. The van der Waals surface area contributed by atoms with E-state index in [1.807, 2.05) is 6.07 Å². The summed E-state index contributed by atoms with van der Waals surface area (Å²) in [4.78, 5) is 13.7. The minimum atomic E-state index is 0.490. The number of piperazine rings is 1. The van der Waals surface area contributed by atoms with Gasteiger partial charge in [-0.1, -0.05) is 25.7 Å². The zero-order valence-electron chi connectivity index (χ0n) is 13.6. The summed E-state index contributed by atoms with van der Waals surface area (Å²) in [5, 5.41) is 3.51. The van der Waals surface area contributed by atoms with Gasteiger partial charge in [-0.15, -0.1) is 0 Å². The average Bonchev–Trinajstić information content (AvgIpc) is 2.76. The van der Waals surface area contributed by atoms with Gasteiger partial charge in [-0.3, -0.25) is 0 Å². The van der Waals surface area contributed by atoms with Gasteiger partial charge in [-0.05, 0) is 19.9 Å². The van der Waals surface area contributed by atoms with Crippen LogP contribution in [0, 0.1) is 0 Å². The number of nitrogens with zero attached hydrogens (tertiary/aromatic N) is 4. The first-order valence-corrected chi connectivity index (χ1v) is 8.55. The van der Waals surface area contributed by atoms with E-state index in [-0.39, 0.29) is 0 Å². The molecule has 1 saturated carbocycles. The van der Waals surface area contributed by atoms with Crippen LogP contribution >= 0.6 is 0 Å². The second-order valence-electron chi connectivity index (χ2n) is 6.60. The topological polar surface area (TPSA) is 70.3 Å². The van der Waals surface area contributed by atoms with Gasteiger partial charge in [0.15, 0.2) is 0 Å². The van der Waals surface area contributed by atoms with Crippen molar-refractivity contribution in [1.82, 2.24) is 14.9 Å². The van der Waals surface area contributed by atoms with Gasteiger partial charge in [-0.2, -0.15) is 9.97 Å². The van der Waals surface area contributed by atoms with Crippen LogP contribution < -0.4 is 16.0 Å². The summed E-state index contributed by atoms with van der Waals surface area (Å²) in [5.41, 5.74) is 6.00. The van der Waals surface area contributed by atoms with Crippen molar-refractivity contribution in [3.05, 3.63) is 6.07 Å². The summed E-state index contributed by atoms with van der Waals surface area (Å²) in [6.07, 6.45) is 7.71. The Kier molecular flexibility index (Phi) is 4.97. The Morgan fingerprint density at radius 3 is 2.41 bits per heavy atom. The predicted molar refractivity (Wildman–Crippen MR) is 91.3 cm³/mol. The van der Waals surface area contributed by atoms with Gasteiger partial charge in [-0.25, -0.2) is 0 Å². The Labute approximate surface area is 133 Å². The molecule has 22 heavy (non-hydrogen) atoms. The first-order chi connectivity index (χ1) is 10.7. The molecule has 0 radical (unpaired) electrons. The van der Waals surface area contributed by atoms with E-state index >= 15 is 0 Å². The van der Waals surface area contributed by atoms with E-state index in [1.54, 1.807) is 0 Å². The number of nitrogens with one attached hydrogen (secondary N) is 1. The molecular formula is C16H28N6. The molecule has 122 valence electrons. The Hall–Kier alpha value is -1.56. The molecule has 0 atom stereocenters. The second kappa shape index (κ2) is 7.13. The van der Waals surface area contributed by atoms with Crippen molar-refractivity contribution in [3.8, 4) is 0 Å². The van der Waals surface area contributed by atoms with Crippen LogP contribution in [0.1, 0.15) is 38.5 Å². The minimum absolute atomic E-state index is 0.490. The fourth-order valence-corrected chi connectivity index (χ4v) is 3.32. The molecular weight excluding hydrogens is 276 g/mol. The van der Waals surface area contributed by atoms with Crippen LogP contribution in [0.2, 0.25) is 0 Å². The van der Waals surface area contributed by atoms with Gasteiger partial charge in [0.25, 0.3) is 0 Å². The number of likely N-dealkylation sites (N-methyl/N-ethyl adjacent to an activating group) is 1.